The lowest BCUT2D eigenvalue weighted by Crippen LogP contribution is -2.37. The van der Waals surface area contributed by atoms with Crippen LogP contribution in [0.5, 0.6) is 5.75 Å². The number of methoxy groups -OCH3 is 1. The molecule has 0 aliphatic carbocycles. The Bertz CT molecular complexity index is 689. The van der Waals surface area contributed by atoms with Crippen LogP contribution in [0.1, 0.15) is 15.2 Å². The molecule has 2 amide bonds. The number of carbonyl (C=O) groups is 2. The van der Waals surface area contributed by atoms with Gasteiger partial charge >= 0.3 is 0 Å². The minimum atomic E-state index is -0.234. The van der Waals surface area contributed by atoms with E-state index in [2.05, 4.69) is 21.2 Å². The molecule has 0 aliphatic rings. The van der Waals surface area contributed by atoms with Gasteiger partial charge < -0.3 is 15.0 Å². The Morgan fingerprint density at radius 1 is 1.35 bits per heavy atom. The molecule has 0 radical (unpaired) electrons. The van der Waals surface area contributed by atoms with Gasteiger partial charge in [0.2, 0.25) is 5.91 Å². The SMILES string of the molecule is COc1ccc(Br)cc1CN(C)C(=O)CNC(=O)c1cccs1. The Morgan fingerprint density at radius 3 is 2.78 bits per heavy atom. The van der Waals surface area contributed by atoms with Gasteiger partial charge in [0.25, 0.3) is 5.91 Å². The number of hydrogen-bond acceptors (Lipinski definition) is 4. The van der Waals surface area contributed by atoms with Crippen LogP contribution in [0.2, 0.25) is 0 Å². The summed E-state index contributed by atoms with van der Waals surface area (Å²) in [5.41, 5.74) is 0.891. The third-order valence-electron chi connectivity index (χ3n) is 3.22. The van der Waals surface area contributed by atoms with Gasteiger partial charge in [0.05, 0.1) is 18.5 Å². The van der Waals surface area contributed by atoms with Crippen molar-refractivity contribution in [2.75, 3.05) is 20.7 Å². The maximum absolute atomic E-state index is 12.2. The highest BCUT2D eigenvalue weighted by molar-refractivity contribution is 9.10. The summed E-state index contributed by atoms with van der Waals surface area (Å²) >= 11 is 4.75. The van der Waals surface area contributed by atoms with Crippen molar-refractivity contribution in [1.29, 1.82) is 0 Å². The minimum absolute atomic E-state index is 0.0381. The van der Waals surface area contributed by atoms with Crippen LogP contribution in [0.3, 0.4) is 0 Å². The second kappa shape index (κ2) is 8.12. The number of amides is 2. The lowest BCUT2D eigenvalue weighted by Gasteiger charge is -2.19. The average molecular weight is 397 g/mol. The zero-order valence-electron chi connectivity index (χ0n) is 12.8. The highest BCUT2D eigenvalue weighted by atomic mass is 79.9. The van der Waals surface area contributed by atoms with Crippen LogP contribution in [0.4, 0.5) is 0 Å². The highest BCUT2D eigenvalue weighted by Crippen LogP contribution is 2.24. The number of rotatable bonds is 6. The molecule has 0 fully saturated rings. The molecular formula is C16H17BrN2O3S. The quantitative estimate of drug-likeness (QED) is 0.816. The molecule has 122 valence electrons. The molecule has 2 aromatic rings. The van der Waals surface area contributed by atoms with Gasteiger partial charge in [0.15, 0.2) is 0 Å². The van der Waals surface area contributed by atoms with Gasteiger partial charge in [-0.25, -0.2) is 0 Å². The van der Waals surface area contributed by atoms with E-state index in [4.69, 9.17) is 4.74 Å². The lowest BCUT2D eigenvalue weighted by molar-refractivity contribution is -0.129. The first-order chi connectivity index (χ1) is 11.0. The molecule has 23 heavy (non-hydrogen) atoms. The summed E-state index contributed by atoms with van der Waals surface area (Å²) in [6, 6.07) is 9.15. The molecular weight excluding hydrogens is 380 g/mol. The summed E-state index contributed by atoms with van der Waals surface area (Å²) in [7, 11) is 3.29. The molecule has 0 saturated heterocycles. The number of ether oxygens (including phenoxy) is 1. The summed E-state index contributed by atoms with van der Waals surface area (Å²) in [5.74, 6) is 0.314. The number of benzene rings is 1. The van der Waals surface area contributed by atoms with Crippen molar-refractivity contribution in [3.8, 4) is 5.75 Å². The first kappa shape index (κ1) is 17.5. The van der Waals surface area contributed by atoms with Crippen LogP contribution in [-0.4, -0.2) is 37.4 Å². The van der Waals surface area contributed by atoms with Crippen molar-refractivity contribution < 1.29 is 14.3 Å². The van der Waals surface area contributed by atoms with E-state index >= 15 is 0 Å². The number of nitrogens with zero attached hydrogens (tertiary/aromatic N) is 1. The third-order valence-corrected chi connectivity index (χ3v) is 4.58. The standard InChI is InChI=1S/C16H17BrN2O3S/c1-19(10-11-8-12(17)5-6-13(11)22-2)15(20)9-18-16(21)14-4-3-7-23-14/h3-8H,9-10H2,1-2H3,(H,18,21). The lowest BCUT2D eigenvalue weighted by atomic mass is 10.2. The minimum Gasteiger partial charge on any atom is -0.496 e. The van der Waals surface area contributed by atoms with Crippen LogP contribution in [0.15, 0.2) is 40.2 Å². The van der Waals surface area contributed by atoms with Crippen molar-refractivity contribution in [2.45, 2.75) is 6.54 Å². The largest absolute Gasteiger partial charge is 0.496 e. The molecule has 1 heterocycles. The van der Waals surface area contributed by atoms with Crippen molar-refractivity contribution >= 4 is 39.1 Å². The molecule has 2 rings (SSSR count). The Labute approximate surface area is 147 Å². The summed E-state index contributed by atoms with van der Waals surface area (Å²) < 4.78 is 6.22. The van der Waals surface area contributed by atoms with Crippen molar-refractivity contribution in [1.82, 2.24) is 10.2 Å². The number of carbonyl (C=O) groups excluding carboxylic acids is 2. The summed E-state index contributed by atoms with van der Waals surface area (Å²) in [5, 5.41) is 4.45. The van der Waals surface area contributed by atoms with E-state index in [0.717, 1.165) is 15.8 Å². The molecule has 1 aromatic carbocycles. The van der Waals surface area contributed by atoms with E-state index < -0.39 is 0 Å². The molecule has 1 N–H and O–H groups in total. The monoisotopic (exact) mass is 396 g/mol. The van der Waals surface area contributed by atoms with E-state index in [0.29, 0.717) is 11.4 Å². The van der Waals surface area contributed by atoms with E-state index in [9.17, 15) is 9.59 Å². The van der Waals surface area contributed by atoms with Gasteiger partial charge in [-0.05, 0) is 29.6 Å². The Kier molecular flexibility index (Phi) is 6.18. The fourth-order valence-corrected chi connectivity index (χ4v) is 3.05. The van der Waals surface area contributed by atoms with E-state index in [1.165, 1.54) is 11.3 Å². The van der Waals surface area contributed by atoms with Gasteiger partial charge in [0, 0.05) is 23.6 Å². The van der Waals surface area contributed by atoms with Crippen molar-refractivity contribution in [3.05, 3.63) is 50.6 Å². The summed E-state index contributed by atoms with van der Waals surface area (Å²) in [6.07, 6.45) is 0. The summed E-state index contributed by atoms with van der Waals surface area (Å²) in [6.45, 7) is 0.361. The van der Waals surface area contributed by atoms with Crippen LogP contribution < -0.4 is 10.1 Å². The molecule has 0 atom stereocenters. The second-order valence-electron chi connectivity index (χ2n) is 4.87. The number of nitrogens with one attached hydrogen (secondary N) is 1. The topological polar surface area (TPSA) is 58.6 Å². The second-order valence-corrected chi connectivity index (χ2v) is 6.73. The van der Waals surface area contributed by atoms with Gasteiger partial charge in [-0.2, -0.15) is 0 Å². The zero-order chi connectivity index (χ0) is 16.8. The third kappa shape index (κ3) is 4.80. The normalized spacial score (nSPS) is 10.2. The van der Waals surface area contributed by atoms with Crippen LogP contribution >= 0.6 is 27.3 Å². The van der Waals surface area contributed by atoms with Gasteiger partial charge in [-0.3, -0.25) is 9.59 Å². The average Bonchev–Trinajstić information content (AvgIpc) is 3.07. The van der Waals surface area contributed by atoms with Gasteiger partial charge in [-0.1, -0.05) is 22.0 Å². The predicted molar refractivity (Wildman–Crippen MR) is 93.8 cm³/mol. The van der Waals surface area contributed by atoms with E-state index in [1.807, 2.05) is 23.6 Å². The number of likely N-dealkylation sites (N-methyl/N-ethyl adjacent to an activating group) is 1. The highest BCUT2D eigenvalue weighted by Gasteiger charge is 2.14. The van der Waals surface area contributed by atoms with Crippen LogP contribution in [0, 0.1) is 0 Å². The maximum atomic E-state index is 12.2. The number of thiophene rings is 1. The molecule has 0 unspecified atom stereocenters. The van der Waals surface area contributed by atoms with Gasteiger partial charge in [0.1, 0.15) is 5.75 Å². The number of halogens is 1. The molecule has 0 spiro atoms. The molecule has 0 bridgehead atoms. The molecule has 5 nitrogen and oxygen atoms in total. The maximum Gasteiger partial charge on any atom is 0.261 e. The predicted octanol–water partition coefficient (Wildman–Crippen LogP) is 2.91. The Hall–Kier alpha value is -1.86. The smallest absolute Gasteiger partial charge is 0.261 e. The van der Waals surface area contributed by atoms with Crippen LogP contribution in [-0.2, 0) is 11.3 Å². The van der Waals surface area contributed by atoms with E-state index in [1.54, 1.807) is 31.2 Å². The van der Waals surface area contributed by atoms with Crippen molar-refractivity contribution in [3.63, 3.8) is 0 Å². The summed E-state index contributed by atoms with van der Waals surface area (Å²) in [4.78, 5) is 26.2. The van der Waals surface area contributed by atoms with Crippen molar-refractivity contribution in [2.24, 2.45) is 0 Å². The van der Waals surface area contributed by atoms with E-state index in [-0.39, 0.29) is 18.4 Å². The zero-order valence-corrected chi connectivity index (χ0v) is 15.2. The number of hydrogen-bond donors (Lipinski definition) is 1. The first-order valence-electron chi connectivity index (χ1n) is 6.89. The molecule has 1 aromatic heterocycles. The van der Waals surface area contributed by atoms with Crippen LogP contribution in [0.25, 0.3) is 0 Å². The fraction of sp³-hybridized carbons (Fsp3) is 0.250. The molecule has 0 saturated carbocycles. The first-order valence-corrected chi connectivity index (χ1v) is 8.56. The van der Waals surface area contributed by atoms with Gasteiger partial charge in [-0.15, -0.1) is 11.3 Å². The molecule has 7 heteroatoms. The Morgan fingerprint density at radius 2 is 2.13 bits per heavy atom. The molecule has 0 aliphatic heterocycles. The Balaban J connectivity index is 1.92. The fourth-order valence-electron chi connectivity index (χ4n) is 2.00.